The van der Waals surface area contributed by atoms with Crippen LogP contribution < -0.4 is 15.0 Å². The molecule has 0 bridgehead atoms. The Balaban J connectivity index is 1.55. The van der Waals surface area contributed by atoms with Crippen molar-refractivity contribution in [3.8, 4) is 11.5 Å². The molecule has 6 heteroatoms. The number of ether oxygens (including phenoxy) is 1. The van der Waals surface area contributed by atoms with Gasteiger partial charge in [-0.3, -0.25) is 0 Å². The molecule has 1 atom stereocenters. The molecular weight excluding hydrogens is 330 g/mol. The minimum absolute atomic E-state index is 0.0747. The lowest BCUT2D eigenvalue weighted by Crippen LogP contribution is -2.48. The first-order chi connectivity index (χ1) is 12.6. The Morgan fingerprint density at radius 1 is 1.27 bits per heavy atom. The van der Waals surface area contributed by atoms with Crippen molar-refractivity contribution in [1.82, 2.24) is 10.2 Å². The second kappa shape index (κ2) is 7.99. The first kappa shape index (κ1) is 17.9. The number of rotatable bonds is 5. The third-order valence-electron chi connectivity index (χ3n) is 4.51. The minimum Gasteiger partial charge on any atom is -0.508 e. The zero-order valence-corrected chi connectivity index (χ0v) is 15.2. The van der Waals surface area contributed by atoms with Gasteiger partial charge in [-0.05, 0) is 36.8 Å². The SMILES string of the molecule is CCN1C[C@@H](CN(C)C(=O)NCc2ccc(O)cc2)Oc2ccccc21. The maximum Gasteiger partial charge on any atom is 0.317 e. The van der Waals surface area contributed by atoms with Crippen molar-refractivity contribution < 1.29 is 14.6 Å². The molecule has 0 aromatic heterocycles. The van der Waals surface area contributed by atoms with E-state index in [-0.39, 0.29) is 17.9 Å². The quantitative estimate of drug-likeness (QED) is 0.866. The predicted molar refractivity (Wildman–Crippen MR) is 102 cm³/mol. The highest BCUT2D eigenvalue weighted by atomic mass is 16.5. The molecule has 1 aliphatic rings. The van der Waals surface area contributed by atoms with E-state index in [1.54, 1.807) is 36.2 Å². The number of hydrogen-bond donors (Lipinski definition) is 2. The fourth-order valence-electron chi connectivity index (χ4n) is 3.09. The topological polar surface area (TPSA) is 65.0 Å². The van der Waals surface area contributed by atoms with Crippen LogP contribution in [0, 0.1) is 0 Å². The predicted octanol–water partition coefficient (Wildman–Crippen LogP) is 2.82. The average molecular weight is 355 g/mol. The number of fused-ring (bicyclic) bond motifs is 1. The monoisotopic (exact) mass is 355 g/mol. The van der Waals surface area contributed by atoms with Gasteiger partial charge >= 0.3 is 6.03 Å². The van der Waals surface area contributed by atoms with E-state index >= 15 is 0 Å². The van der Waals surface area contributed by atoms with E-state index in [1.807, 2.05) is 18.2 Å². The molecule has 2 amide bonds. The van der Waals surface area contributed by atoms with E-state index < -0.39 is 0 Å². The first-order valence-corrected chi connectivity index (χ1v) is 8.84. The lowest BCUT2D eigenvalue weighted by atomic mass is 10.2. The number of para-hydroxylation sites is 2. The average Bonchev–Trinajstić information content (AvgIpc) is 2.66. The van der Waals surface area contributed by atoms with Gasteiger partial charge in [0.1, 0.15) is 17.6 Å². The Morgan fingerprint density at radius 3 is 2.73 bits per heavy atom. The normalized spacial score (nSPS) is 15.8. The number of nitrogens with one attached hydrogen (secondary N) is 1. The number of benzene rings is 2. The smallest absolute Gasteiger partial charge is 0.317 e. The Kier molecular flexibility index (Phi) is 5.51. The molecule has 0 unspecified atom stereocenters. The Hall–Kier alpha value is -2.89. The summed E-state index contributed by atoms with van der Waals surface area (Å²) in [7, 11) is 1.77. The maximum absolute atomic E-state index is 12.3. The van der Waals surface area contributed by atoms with Crippen molar-refractivity contribution in [2.75, 3.05) is 31.6 Å². The summed E-state index contributed by atoms with van der Waals surface area (Å²) >= 11 is 0. The van der Waals surface area contributed by atoms with Crippen molar-refractivity contribution in [3.63, 3.8) is 0 Å². The maximum atomic E-state index is 12.3. The Bertz CT molecular complexity index is 748. The molecule has 0 saturated heterocycles. The second-order valence-electron chi connectivity index (χ2n) is 6.45. The lowest BCUT2D eigenvalue weighted by molar-refractivity contribution is 0.145. The Labute approximate surface area is 154 Å². The molecule has 1 aliphatic heterocycles. The number of anilines is 1. The largest absolute Gasteiger partial charge is 0.508 e. The summed E-state index contributed by atoms with van der Waals surface area (Å²) in [5, 5.41) is 12.2. The van der Waals surface area contributed by atoms with Crippen LogP contribution in [-0.2, 0) is 6.54 Å². The van der Waals surface area contributed by atoms with Gasteiger partial charge in [-0.1, -0.05) is 24.3 Å². The van der Waals surface area contributed by atoms with E-state index in [9.17, 15) is 9.90 Å². The van der Waals surface area contributed by atoms with Crippen LogP contribution in [0.2, 0.25) is 0 Å². The van der Waals surface area contributed by atoms with Gasteiger partial charge in [-0.25, -0.2) is 4.79 Å². The fraction of sp³-hybridized carbons (Fsp3) is 0.350. The number of carbonyl (C=O) groups excluding carboxylic acids is 1. The van der Waals surface area contributed by atoms with Crippen LogP contribution >= 0.6 is 0 Å². The third kappa shape index (κ3) is 4.20. The number of aromatic hydroxyl groups is 1. The highest BCUT2D eigenvalue weighted by molar-refractivity contribution is 5.74. The van der Waals surface area contributed by atoms with E-state index in [4.69, 9.17) is 4.74 Å². The molecule has 3 rings (SSSR count). The van der Waals surface area contributed by atoms with Gasteiger partial charge in [0.15, 0.2) is 0 Å². The zero-order valence-electron chi connectivity index (χ0n) is 15.2. The molecule has 0 spiro atoms. The summed E-state index contributed by atoms with van der Waals surface area (Å²) in [5.74, 6) is 1.08. The Morgan fingerprint density at radius 2 is 2.00 bits per heavy atom. The van der Waals surface area contributed by atoms with Gasteiger partial charge in [0.25, 0.3) is 0 Å². The van der Waals surface area contributed by atoms with Gasteiger partial charge in [-0.2, -0.15) is 0 Å². The molecular formula is C20H25N3O3. The number of hydrogen-bond acceptors (Lipinski definition) is 4. The fourth-order valence-corrected chi connectivity index (χ4v) is 3.09. The van der Waals surface area contributed by atoms with Gasteiger partial charge in [-0.15, -0.1) is 0 Å². The zero-order chi connectivity index (χ0) is 18.5. The summed E-state index contributed by atoms with van der Waals surface area (Å²) in [4.78, 5) is 16.3. The van der Waals surface area contributed by atoms with Crippen LogP contribution in [-0.4, -0.2) is 48.8 Å². The summed E-state index contributed by atoms with van der Waals surface area (Å²) in [6, 6.07) is 14.6. The van der Waals surface area contributed by atoms with E-state index in [0.717, 1.165) is 30.1 Å². The summed E-state index contributed by atoms with van der Waals surface area (Å²) in [6.45, 7) is 4.69. The van der Waals surface area contributed by atoms with Crippen LogP contribution in [0.4, 0.5) is 10.5 Å². The number of phenols is 1. The third-order valence-corrected chi connectivity index (χ3v) is 4.51. The van der Waals surface area contributed by atoms with Crippen LogP contribution in [0.3, 0.4) is 0 Å². The molecule has 1 heterocycles. The highest BCUT2D eigenvalue weighted by Gasteiger charge is 2.26. The van der Waals surface area contributed by atoms with Crippen molar-refractivity contribution in [1.29, 1.82) is 0 Å². The number of likely N-dealkylation sites (N-methyl/N-ethyl adjacent to an activating group) is 2. The number of urea groups is 1. The molecule has 0 saturated carbocycles. The summed E-state index contributed by atoms with van der Waals surface area (Å²) in [6.07, 6.45) is -0.0747. The highest BCUT2D eigenvalue weighted by Crippen LogP contribution is 2.32. The molecule has 2 aromatic rings. The van der Waals surface area contributed by atoms with Gasteiger partial charge in [0, 0.05) is 20.1 Å². The van der Waals surface area contributed by atoms with Crippen molar-refractivity contribution in [2.45, 2.75) is 19.6 Å². The lowest BCUT2D eigenvalue weighted by Gasteiger charge is -2.37. The van der Waals surface area contributed by atoms with E-state index in [0.29, 0.717) is 13.1 Å². The molecule has 0 aliphatic carbocycles. The second-order valence-corrected chi connectivity index (χ2v) is 6.45. The summed E-state index contributed by atoms with van der Waals surface area (Å²) < 4.78 is 6.07. The molecule has 0 fully saturated rings. The van der Waals surface area contributed by atoms with Crippen LogP contribution in [0.25, 0.3) is 0 Å². The number of amides is 2. The van der Waals surface area contributed by atoms with Crippen LogP contribution in [0.1, 0.15) is 12.5 Å². The molecule has 2 aromatic carbocycles. The standard InChI is InChI=1S/C20H25N3O3/c1-3-23-14-17(26-19-7-5-4-6-18(19)23)13-22(2)20(25)21-12-15-8-10-16(24)11-9-15/h4-11,17,24H,3,12-14H2,1-2H3,(H,21,25)/t17-/m1/s1. The van der Waals surface area contributed by atoms with Gasteiger partial charge in [0.05, 0.1) is 18.8 Å². The van der Waals surface area contributed by atoms with Crippen molar-refractivity contribution in [2.24, 2.45) is 0 Å². The van der Waals surface area contributed by atoms with E-state index in [2.05, 4.69) is 23.2 Å². The van der Waals surface area contributed by atoms with Crippen molar-refractivity contribution >= 4 is 11.7 Å². The molecule has 6 nitrogen and oxygen atoms in total. The summed E-state index contributed by atoms with van der Waals surface area (Å²) in [5.41, 5.74) is 2.04. The van der Waals surface area contributed by atoms with Gasteiger partial charge < -0.3 is 25.0 Å². The van der Waals surface area contributed by atoms with Crippen LogP contribution in [0.5, 0.6) is 11.5 Å². The molecule has 0 radical (unpaired) electrons. The van der Waals surface area contributed by atoms with Gasteiger partial charge in [0.2, 0.25) is 0 Å². The van der Waals surface area contributed by atoms with Crippen LogP contribution in [0.15, 0.2) is 48.5 Å². The number of phenolic OH excluding ortho intramolecular Hbond substituents is 1. The molecule has 138 valence electrons. The molecule has 2 N–H and O–H groups in total. The van der Waals surface area contributed by atoms with E-state index in [1.165, 1.54) is 0 Å². The number of carbonyl (C=O) groups is 1. The molecule has 26 heavy (non-hydrogen) atoms. The van der Waals surface area contributed by atoms with Crippen molar-refractivity contribution in [3.05, 3.63) is 54.1 Å². The first-order valence-electron chi connectivity index (χ1n) is 8.84. The minimum atomic E-state index is -0.149. The number of nitrogens with zero attached hydrogens (tertiary/aromatic N) is 2.